The van der Waals surface area contributed by atoms with Gasteiger partial charge >= 0.3 is 0 Å². The summed E-state index contributed by atoms with van der Waals surface area (Å²) >= 11 is 0. The first-order valence-corrected chi connectivity index (χ1v) is 6.33. The SMILES string of the molecule is Cc1cc(C#N)ccc1COc1ccc(N)cc1C(N)=O. The molecule has 2 aromatic rings. The second-order valence-electron chi connectivity index (χ2n) is 4.66. The first kappa shape index (κ1) is 14.4. The van der Waals surface area contributed by atoms with Gasteiger partial charge in [0.25, 0.3) is 5.91 Å². The molecule has 0 atom stereocenters. The van der Waals surface area contributed by atoms with Crippen LogP contribution in [0.15, 0.2) is 36.4 Å². The molecule has 21 heavy (non-hydrogen) atoms. The molecule has 5 nitrogen and oxygen atoms in total. The lowest BCUT2D eigenvalue weighted by Gasteiger charge is -2.12. The third-order valence-corrected chi connectivity index (χ3v) is 3.12. The average Bonchev–Trinajstić information content (AvgIpc) is 2.46. The Morgan fingerprint density at radius 2 is 2.05 bits per heavy atom. The van der Waals surface area contributed by atoms with Gasteiger partial charge in [-0.05, 0) is 48.4 Å². The first-order valence-electron chi connectivity index (χ1n) is 6.33. The van der Waals surface area contributed by atoms with Crippen molar-refractivity contribution in [3.63, 3.8) is 0 Å². The number of ether oxygens (including phenoxy) is 1. The minimum absolute atomic E-state index is 0.251. The summed E-state index contributed by atoms with van der Waals surface area (Å²) in [4.78, 5) is 11.4. The average molecular weight is 281 g/mol. The van der Waals surface area contributed by atoms with Gasteiger partial charge in [-0.15, -0.1) is 0 Å². The van der Waals surface area contributed by atoms with Crippen LogP contribution in [-0.4, -0.2) is 5.91 Å². The molecular formula is C16H15N3O2. The standard InChI is InChI=1S/C16H15N3O2/c1-10-6-11(8-17)2-3-12(10)9-21-15-5-4-13(18)7-14(15)16(19)20/h2-7H,9,18H2,1H3,(H2,19,20). The van der Waals surface area contributed by atoms with Gasteiger partial charge in [-0.25, -0.2) is 0 Å². The molecule has 1 amide bonds. The van der Waals surface area contributed by atoms with Crippen LogP contribution in [0, 0.1) is 18.3 Å². The number of carbonyl (C=O) groups is 1. The quantitative estimate of drug-likeness (QED) is 0.838. The summed E-state index contributed by atoms with van der Waals surface area (Å²) in [6.45, 7) is 2.18. The number of aryl methyl sites for hydroxylation is 1. The first-order chi connectivity index (χ1) is 10.0. The van der Waals surface area contributed by atoms with Crippen molar-refractivity contribution in [3.05, 3.63) is 58.7 Å². The van der Waals surface area contributed by atoms with Crippen molar-refractivity contribution in [1.82, 2.24) is 0 Å². The van der Waals surface area contributed by atoms with Gasteiger partial charge in [-0.2, -0.15) is 5.26 Å². The van der Waals surface area contributed by atoms with E-state index >= 15 is 0 Å². The number of carbonyl (C=O) groups excluding carboxylic acids is 1. The van der Waals surface area contributed by atoms with Gasteiger partial charge in [0.05, 0.1) is 17.2 Å². The van der Waals surface area contributed by atoms with Gasteiger partial charge in [0.15, 0.2) is 0 Å². The number of primary amides is 1. The number of rotatable bonds is 4. The fourth-order valence-electron chi connectivity index (χ4n) is 1.95. The molecular weight excluding hydrogens is 266 g/mol. The molecule has 0 heterocycles. The molecule has 0 fully saturated rings. The number of nitrogens with two attached hydrogens (primary N) is 2. The van der Waals surface area contributed by atoms with Crippen molar-refractivity contribution in [3.8, 4) is 11.8 Å². The highest BCUT2D eigenvalue weighted by atomic mass is 16.5. The van der Waals surface area contributed by atoms with E-state index in [1.165, 1.54) is 6.07 Å². The molecule has 0 saturated carbocycles. The maximum absolute atomic E-state index is 11.4. The van der Waals surface area contributed by atoms with Gasteiger partial charge in [0.2, 0.25) is 0 Å². The molecule has 0 radical (unpaired) electrons. The predicted octanol–water partition coefficient (Wildman–Crippen LogP) is 2.13. The van der Waals surface area contributed by atoms with E-state index in [9.17, 15) is 4.79 Å². The van der Waals surface area contributed by atoms with Crippen LogP contribution in [0.1, 0.15) is 27.0 Å². The molecule has 2 rings (SSSR count). The van der Waals surface area contributed by atoms with Crippen LogP contribution >= 0.6 is 0 Å². The number of hydrogen-bond donors (Lipinski definition) is 2. The number of nitrogen functional groups attached to an aromatic ring is 1. The van der Waals surface area contributed by atoms with Gasteiger partial charge in [0.1, 0.15) is 12.4 Å². The van der Waals surface area contributed by atoms with E-state index in [-0.39, 0.29) is 12.2 Å². The van der Waals surface area contributed by atoms with Crippen molar-refractivity contribution in [2.24, 2.45) is 5.73 Å². The Labute approximate surface area is 122 Å². The fraction of sp³-hybridized carbons (Fsp3) is 0.125. The van der Waals surface area contributed by atoms with Gasteiger partial charge in [-0.1, -0.05) is 6.07 Å². The van der Waals surface area contributed by atoms with Crippen LogP contribution in [0.2, 0.25) is 0 Å². The summed E-state index contributed by atoms with van der Waals surface area (Å²) in [5, 5.41) is 8.84. The van der Waals surface area contributed by atoms with E-state index in [2.05, 4.69) is 6.07 Å². The number of nitrogens with zero attached hydrogens (tertiary/aromatic N) is 1. The van der Waals surface area contributed by atoms with Crippen molar-refractivity contribution >= 4 is 11.6 Å². The zero-order valence-corrected chi connectivity index (χ0v) is 11.6. The number of nitriles is 1. The Balaban J connectivity index is 2.21. The number of benzene rings is 2. The molecule has 106 valence electrons. The minimum Gasteiger partial charge on any atom is -0.488 e. The molecule has 0 spiro atoms. The van der Waals surface area contributed by atoms with Gasteiger partial charge < -0.3 is 16.2 Å². The van der Waals surface area contributed by atoms with E-state index in [0.29, 0.717) is 17.0 Å². The summed E-state index contributed by atoms with van der Waals surface area (Å²) in [7, 11) is 0. The van der Waals surface area contributed by atoms with Crippen LogP contribution in [0.4, 0.5) is 5.69 Å². The normalized spacial score (nSPS) is 9.90. The zero-order chi connectivity index (χ0) is 15.4. The maximum Gasteiger partial charge on any atom is 0.252 e. The predicted molar refractivity (Wildman–Crippen MR) is 79.6 cm³/mol. The van der Waals surface area contributed by atoms with Crippen LogP contribution in [0.25, 0.3) is 0 Å². The minimum atomic E-state index is -0.589. The van der Waals surface area contributed by atoms with E-state index in [4.69, 9.17) is 21.5 Å². The lowest BCUT2D eigenvalue weighted by Crippen LogP contribution is -2.13. The third-order valence-electron chi connectivity index (χ3n) is 3.12. The molecule has 0 bridgehead atoms. The lowest BCUT2D eigenvalue weighted by atomic mass is 10.1. The summed E-state index contributed by atoms with van der Waals surface area (Å²) in [5.74, 6) is -0.200. The topological polar surface area (TPSA) is 102 Å². The molecule has 0 saturated heterocycles. The Bertz CT molecular complexity index is 733. The largest absolute Gasteiger partial charge is 0.488 e. The molecule has 4 N–H and O–H groups in total. The molecule has 0 aliphatic rings. The van der Waals surface area contributed by atoms with E-state index in [1.807, 2.05) is 13.0 Å². The molecule has 0 unspecified atom stereocenters. The number of hydrogen-bond acceptors (Lipinski definition) is 4. The Morgan fingerprint density at radius 3 is 2.67 bits per heavy atom. The smallest absolute Gasteiger partial charge is 0.252 e. The third kappa shape index (κ3) is 3.31. The fourth-order valence-corrected chi connectivity index (χ4v) is 1.95. The summed E-state index contributed by atoms with van der Waals surface area (Å²) in [6.07, 6.45) is 0. The highest BCUT2D eigenvalue weighted by Gasteiger charge is 2.10. The van der Waals surface area contributed by atoms with E-state index in [1.54, 1.807) is 24.3 Å². The Morgan fingerprint density at radius 1 is 1.29 bits per heavy atom. The second-order valence-corrected chi connectivity index (χ2v) is 4.66. The van der Waals surface area contributed by atoms with Crippen LogP contribution in [0.3, 0.4) is 0 Å². The summed E-state index contributed by atoms with van der Waals surface area (Å²) in [5.41, 5.74) is 14.1. The summed E-state index contributed by atoms with van der Waals surface area (Å²) in [6, 6.07) is 12.2. The van der Waals surface area contributed by atoms with Gasteiger partial charge in [0, 0.05) is 5.69 Å². The maximum atomic E-state index is 11.4. The highest BCUT2D eigenvalue weighted by molar-refractivity contribution is 5.96. The molecule has 2 aromatic carbocycles. The van der Waals surface area contributed by atoms with Crippen LogP contribution in [0.5, 0.6) is 5.75 Å². The van der Waals surface area contributed by atoms with Crippen molar-refractivity contribution in [1.29, 1.82) is 5.26 Å². The van der Waals surface area contributed by atoms with E-state index < -0.39 is 5.91 Å². The Kier molecular flexibility index (Phi) is 4.10. The molecule has 5 heteroatoms. The molecule has 0 aliphatic carbocycles. The molecule has 0 aliphatic heterocycles. The van der Waals surface area contributed by atoms with E-state index in [0.717, 1.165) is 11.1 Å². The van der Waals surface area contributed by atoms with Crippen LogP contribution in [-0.2, 0) is 6.61 Å². The Hall–Kier alpha value is -3.00. The summed E-state index contributed by atoms with van der Waals surface area (Å²) < 4.78 is 5.65. The second kappa shape index (κ2) is 5.97. The van der Waals surface area contributed by atoms with Crippen molar-refractivity contribution in [2.45, 2.75) is 13.5 Å². The lowest BCUT2D eigenvalue weighted by molar-refractivity contribution is 0.0996. The molecule has 0 aromatic heterocycles. The monoisotopic (exact) mass is 281 g/mol. The van der Waals surface area contributed by atoms with Crippen molar-refractivity contribution < 1.29 is 9.53 Å². The van der Waals surface area contributed by atoms with Crippen LogP contribution < -0.4 is 16.2 Å². The number of amides is 1. The van der Waals surface area contributed by atoms with Crippen molar-refractivity contribution in [2.75, 3.05) is 5.73 Å². The van der Waals surface area contributed by atoms with Gasteiger partial charge in [-0.3, -0.25) is 4.79 Å². The number of anilines is 1. The highest BCUT2D eigenvalue weighted by Crippen LogP contribution is 2.23. The zero-order valence-electron chi connectivity index (χ0n) is 11.6.